The first kappa shape index (κ1) is 21.9. The van der Waals surface area contributed by atoms with Gasteiger partial charge in [-0.05, 0) is 36.8 Å². The number of nitrogens with zero attached hydrogens (tertiary/aromatic N) is 3. The molecule has 0 unspecified atom stereocenters. The normalized spacial score (nSPS) is 24.0. The molecule has 3 aliphatic rings. The second-order valence-corrected chi connectivity index (χ2v) is 9.08. The molecule has 1 atom stereocenters. The number of benzene rings is 1. The molecule has 3 heterocycles. The van der Waals surface area contributed by atoms with Crippen molar-refractivity contribution in [2.24, 2.45) is 5.41 Å². The van der Waals surface area contributed by atoms with E-state index in [0.717, 1.165) is 58.6 Å². The van der Waals surface area contributed by atoms with Gasteiger partial charge in [-0.15, -0.1) is 0 Å². The lowest BCUT2D eigenvalue weighted by atomic mass is 9.76. The van der Waals surface area contributed by atoms with Crippen LogP contribution in [0.3, 0.4) is 0 Å². The Balaban J connectivity index is 1.31. The summed E-state index contributed by atoms with van der Waals surface area (Å²) in [4.78, 5) is 30.9. The molecule has 1 aromatic rings. The van der Waals surface area contributed by atoms with Gasteiger partial charge < -0.3 is 24.0 Å². The standard InChI is InChI=1S/C23H33N3O5/c1-24-8-9-25(15-21(24)27)14-20-13-23(16-31-20)4-6-26(7-5-23)22(28)17-10-18(29-2)12-19(11-17)30-3/h10-12,20H,4-9,13-16H2,1-3H3/t20-/m0/s1. The Kier molecular flexibility index (Phi) is 6.39. The molecule has 0 bridgehead atoms. The van der Waals surface area contributed by atoms with Crippen molar-refractivity contribution >= 4 is 11.8 Å². The largest absolute Gasteiger partial charge is 0.497 e. The fraction of sp³-hybridized carbons (Fsp3) is 0.652. The highest BCUT2D eigenvalue weighted by Gasteiger charge is 2.43. The van der Waals surface area contributed by atoms with E-state index in [1.54, 1.807) is 37.3 Å². The third kappa shape index (κ3) is 4.80. The Labute approximate surface area is 184 Å². The maximum atomic E-state index is 13.1. The van der Waals surface area contributed by atoms with E-state index in [9.17, 15) is 9.59 Å². The van der Waals surface area contributed by atoms with Crippen molar-refractivity contribution in [3.05, 3.63) is 23.8 Å². The van der Waals surface area contributed by atoms with Crippen LogP contribution in [0.2, 0.25) is 0 Å². The highest BCUT2D eigenvalue weighted by atomic mass is 16.5. The van der Waals surface area contributed by atoms with Crippen molar-refractivity contribution in [3.63, 3.8) is 0 Å². The lowest BCUT2D eigenvalue weighted by Crippen LogP contribution is -2.50. The van der Waals surface area contributed by atoms with Crippen LogP contribution in [0.4, 0.5) is 0 Å². The third-order valence-electron chi connectivity index (χ3n) is 6.99. The number of piperidine rings is 1. The van der Waals surface area contributed by atoms with Crippen LogP contribution in [0.1, 0.15) is 29.6 Å². The molecule has 4 rings (SSSR count). The van der Waals surface area contributed by atoms with Crippen LogP contribution in [0.15, 0.2) is 18.2 Å². The number of hydrogen-bond acceptors (Lipinski definition) is 6. The Morgan fingerprint density at radius 2 is 1.77 bits per heavy atom. The molecule has 3 fully saturated rings. The molecule has 31 heavy (non-hydrogen) atoms. The van der Waals surface area contributed by atoms with Gasteiger partial charge in [0.2, 0.25) is 5.91 Å². The van der Waals surface area contributed by atoms with Gasteiger partial charge in [0, 0.05) is 51.4 Å². The summed E-state index contributed by atoms with van der Waals surface area (Å²) in [7, 11) is 5.03. The number of ether oxygens (including phenoxy) is 3. The lowest BCUT2D eigenvalue weighted by molar-refractivity contribution is -0.134. The quantitative estimate of drug-likeness (QED) is 0.704. The minimum atomic E-state index is 0.0125. The molecule has 1 spiro atoms. The smallest absolute Gasteiger partial charge is 0.254 e. The van der Waals surface area contributed by atoms with Gasteiger partial charge in [0.15, 0.2) is 0 Å². The van der Waals surface area contributed by atoms with Crippen LogP contribution in [0.5, 0.6) is 11.5 Å². The summed E-state index contributed by atoms with van der Waals surface area (Å²) in [6.07, 6.45) is 3.06. The van der Waals surface area contributed by atoms with Gasteiger partial charge in [0.25, 0.3) is 5.91 Å². The lowest BCUT2D eigenvalue weighted by Gasteiger charge is -2.38. The van der Waals surface area contributed by atoms with Crippen LogP contribution >= 0.6 is 0 Å². The average Bonchev–Trinajstić information content (AvgIpc) is 3.17. The molecule has 3 aliphatic heterocycles. The summed E-state index contributed by atoms with van der Waals surface area (Å²) in [5.41, 5.74) is 0.733. The number of rotatable bonds is 5. The topological polar surface area (TPSA) is 71.6 Å². The van der Waals surface area contributed by atoms with Crippen molar-refractivity contribution in [2.75, 3.05) is 67.1 Å². The Morgan fingerprint density at radius 1 is 1.10 bits per heavy atom. The van der Waals surface area contributed by atoms with Gasteiger partial charge in [0.05, 0.1) is 33.5 Å². The molecular formula is C23H33N3O5. The third-order valence-corrected chi connectivity index (χ3v) is 6.99. The van der Waals surface area contributed by atoms with Crippen LogP contribution in [-0.2, 0) is 9.53 Å². The van der Waals surface area contributed by atoms with Crippen molar-refractivity contribution < 1.29 is 23.8 Å². The van der Waals surface area contributed by atoms with Crippen LogP contribution in [0, 0.1) is 5.41 Å². The zero-order valence-corrected chi connectivity index (χ0v) is 18.8. The fourth-order valence-corrected chi connectivity index (χ4v) is 4.91. The monoisotopic (exact) mass is 431 g/mol. The maximum absolute atomic E-state index is 13.1. The molecule has 1 aromatic carbocycles. The summed E-state index contributed by atoms with van der Waals surface area (Å²) in [5.74, 6) is 1.43. The highest BCUT2D eigenvalue weighted by molar-refractivity contribution is 5.95. The van der Waals surface area contributed by atoms with E-state index in [1.165, 1.54) is 0 Å². The predicted molar refractivity (Wildman–Crippen MR) is 116 cm³/mol. The SMILES string of the molecule is COc1cc(OC)cc(C(=O)N2CCC3(CC2)CO[C@H](CN2CCN(C)C(=O)C2)C3)c1. The van der Waals surface area contributed by atoms with Gasteiger partial charge in [0.1, 0.15) is 11.5 Å². The molecule has 0 aromatic heterocycles. The summed E-state index contributed by atoms with van der Waals surface area (Å²) in [5, 5.41) is 0. The van der Waals surface area contributed by atoms with Crippen molar-refractivity contribution in [2.45, 2.75) is 25.4 Å². The zero-order valence-electron chi connectivity index (χ0n) is 18.8. The van der Waals surface area contributed by atoms with E-state index in [0.29, 0.717) is 23.6 Å². The van der Waals surface area contributed by atoms with E-state index in [-0.39, 0.29) is 23.3 Å². The molecule has 0 N–H and O–H groups in total. The minimum absolute atomic E-state index is 0.0125. The van der Waals surface area contributed by atoms with Gasteiger partial charge in [-0.2, -0.15) is 0 Å². The number of amides is 2. The number of likely N-dealkylation sites (tertiary alicyclic amines) is 1. The highest BCUT2D eigenvalue weighted by Crippen LogP contribution is 2.42. The number of carbonyl (C=O) groups excluding carboxylic acids is 2. The fourth-order valence-electron chi connectivity index (χ4n) is 4.91. The first-order valence-corrected chi connectivity index (χ1v) is 11.0. The van der Waals surface area contributed by atoms with E-state index >= 15 is 0 Å². The first-order valence-electron chi connectivity index (χ1n) is 11.0. The summed E-state index contributed by atoms with van der Waals surface area (Å²) in [6, 6.07) is 5.30. The van der Waals surface area contributed by atoms with Crippen LogP contribution in [0.25, 0.3) is 0 Å². The maximum Gasteiger partial charge on any atom is 0.254 e. The number of methoxy groups -OCH3 is 2. The number of hydrogen-bond donors (Lipinski definition) is 0. The second-order valence-electron chi connectivity index (χ2n) is 9.08. The predicted octanol–water partition coefficient (Wildman–Crippen LogP) is 1.49. The molecule has 170 valence electrons. The van der Waals surface area contributed by atoms with E-state index < -0.39 is 0 Å². The summed E-state index contributed by atoms with van der Waals surface area (Å²) >= 11 is 0. The van der Waals surface area contributed by atoms with Crippen molar-refractivity contribution in [1.82, 2.24) is 14.7 Å². The second kappa shape index (κ2) is 9.04. The first-order chi connectivity index (χ1) is 14.9. The Morgan fingerprint density at radius 3 is 2.39 bits per heavy atom. The van der Waals surface area contributed by atoms with E-state index in [1.807, 2.05) is 11.9 Å². The van der Waals surface area contributed by atoms with Crippen LogP contribution < -0.4 is 9.47 Å². The molecule has 8 heteroatoms. The molecule has 2 amide bonds. The van der Waals surface area contributed by atoms with Gasteiger partial charge in [-0.3, -0.25) is 14.5 Å². The summed E-state index contributed by atoms with van der Waals surface area (Å²) < 4.78 is 16.8. The van der Waals surface area contributed by atoms with Gasteiger partial charge in [-0.25, -0.2) is 0 Å². The average molecular weight is 432 g/mol. The molecule has 0 saturated carbocycles. The molecule has 0 aliphatic carbocycles. The molecular weight excluding hydrogens is 398 g/mol. The minimum Gasteiger partial charge on any atom is -0.497 e. The summed E-state index contributed by atoms with van der Waals surface area (Å²) in [6.45, 7) is 5.17. The molecule has 8 nitrogen and oxygen atoms in total. The molecule has 0 radical (unpaired) electrons. The van der Waals surface area contributed by atoms with E-state index in [2.05, 4.69) is 4.90 Å². The van der Waals surface area contributed by atoms with Gasteiger partial charge in [-0.1, -0.05) is 0 Å². The zero-order chi connectivity index (χ0) is 22.0. The number of carbonyl (C=O) groups is 2. The number of likely N-dealkylation sites (N-methyl/N-ethyl adjacent to an activating group) is 1. The number of piperazine rings is 1. The Hall–Kier alpha value is -2.32. The van der Waals surface area contributed by atoms with E-state index in [4.69, 9.17) is 14.2 Å². The van der Waals surface area contributed by atoms with Crippen molar-refractivity contribution in [3.8, 4) is 11.5 Å². The van der Waals surface area contributed by atoms with Gasteiger partial charge >= 0.3 is 0 Å². The van der Waals surface area contributed by atoms with Crippen molar-refractivity contribution in [1.29, 1.82) is 0 Å². The molecule has 3 saturated heterocycles. The Bertz CT molecular complexity index is 799. The van der Waals surface area contributed by atoms with Crippen LogP contribution in [-0.4, -0.2) is 99.8 Å².